The highest BCUT2D eigenvalue weighted by molar-refractivity contribution is 6.42. The minimum absolute atomic E-state index is 0.0890. The first kappa shape index (κ1) is 20.7. The summed E-state index contributed by atoms with van der Waals surface area (Å²) in [4.78, 5) is 4.35. The van der Waals surface area contributed by atoms with E-state index in [0.29, 0.717) is 15.9 Å². The number of nitrogens with zero attached hydrogens (tertiary/aromatic N) is 5. The minimum Gasteiger partial charge on any atom is -0.344 e. The molecule has 158 valence electrons. The number of fused-ring (bicyclic) bond motifs is 1. The molecule has 1 atom stereocenters. The number of anilines is 1. The molecular weight excluding hydrogens is 440 g/mol. The molecule has 0 fully saturated rings. The van der Waals surface area contributed by atoms with Crippen molar-refractivity contribution in [3.05, 3.63) is 63.9 Å². The fourth-order valence-corrected chi connectivity index (χ4v) is 3.86. The smallest absolute Gasteiger partial charge is 0.344 e. The third kappa shape index (κ3) is 4.04. The van der Waals surface area contributed by atoms with Gasteiger partial charge < -0.3 is 5.32 Å². The van der Waals surface area contributed by atoms with E-state index in [2.05, 4.69) is 20.5 Å². The van der Waals surface area contributed by atoms with Crippen LogP contribution in [-0.4, -0.2) is 30.7 Å². The Bertz CT molecular complexity index is 1100. The van der Waals surface area contributed by atoms with Crippen LogP contribution in [0.4, 0.5) is 19.0 Å². The lowest BCUT2D eigenvalue weighted by Crippen LogP contribution is -2.25. The standard InChI is InChI=1S/C19H17Cl2F3N6/c1-11-16(18-25-10-27-29(18)8-2-6-19(22,23)24)17(30-15(28-11)5-7-26-30)12-3-4-13(20)14(21)9-12/h3-5,7,9-10,17,28H,2,6,8H2,1H3/t17-/m1/s1. The molecule has 0 aliphatic carbocycles. The van der Waals surface area contributed by atoms with Crippen molar-refractivity contribution in [2.45, 2.75) is 38.5 Å². The van der Waals surface area contributed by atoms with Gasteiger partial charge in [0.25, 0.3) is 0 Å². The zero-order valence-electron chi connectivity index (χ0n) is 15.8. The largest absolute Gasteiger partial charge is 0.389 e. The second-order valence-corrected chi connectivity index (χ2v) is 7.74. The van der Waals surface area contributed by atoms with Gasteiger partial charge in [-0.05, 0) is 31.0 Å². The Morgan fingerprint density at radius 1 is 1.13 bits per heavy atom. The molecule has 0 saturated carbocycles. The summed E-state index contributed by atoms with van der Waals surface area (Å²) in [7, 11) is 0. The van der Waals surface area contributed by atoms with Crippen molar-refractivity contribution in [1.82, 2.24) is 24.5 Å². The van der Waals surface area contributed by atoms with Gasteiger partial charge in [-0.3, -0.25) is 0 Å². The molecule has 2 aromatic heterocycles. The van der Waals surface area contributed by atoms with Crippen LogP contribution in [0.2, 0.25) is 10.0 Å². The van der Waals surface area contributed by atoms with Crippen molar-refractivity contribution < 1.29 is 13.2 Å². The summed E-state index contributed by atoms with van der Waals surface area (Å²) in [5, 5.41) is 12.7. The molecule has 0 unspecified atom stereocenters. The highest BCUT2D eigenvalue weighted by Crippen LogP contribution is 2.41. The average Bonchev–Trinajstić information content (AvgIpc) is 3.31. The van der Waals surface area contributed by atoms with Crippen LogP contribution in [0, 0.1) is 0 Å². The molecule has 3 aromatic rings. The molecule has 3 heterocycles. The van der Waals surface area contributed by atoms with Crippen LogP contribution in [-0.2, 0) is 6.54 Å². The highest BCUT2D eigenvalue weighted by Gasteiger charge is 2.33. The zero-order valence-corrected chi connectivity index (χ0v) is 17.3. The lowest BCUT2D eigenvalue weighted by molar-refractivity contribution is -0.136. The van der Waals surface area contributed by atoms with Crippen LogP contribution in [0.15, 0.2) is 42.5 Å². The van der Waals surface area contributed by atoms with Crippen molar-refractivity contribution in [2.75, 3.05) is 5.32 Å². The van der Waals surface area contributed by atoms with Crippen molar-refractivity contribution in [3.8, 4) is 0 Å². The van der Waals surface area contributed by atoms with E-state index in [4.69, 9.17) is 23.2 Å². The first-order valence-corrected chi connectivity index (χ1v) is 9.91. The highest BCUT2D eigenvalue weighted by atomic mass is 35.5. The second kappa shape index (κ2) is 7.96. The molecule has 1 aliphatic rings. The summed E-state index contributed by atoms with van der Waals surface area (Å²) in [6, 6.07) is 6.72. The Morgan fingerprint density at radius 3 is 2.67 bits per heavy atom. The molecule has 11 heteroatoms. The summed E-state index contributed by atoms with van der Waals surface area (Å²) in [5.74, 6) is 1.25. The van der Waals surface area contributed by atoms with Gasteiger partial charge in [-0.1, -0.05) is 29.3 Å². The van der Waals surface area contributed by atoms with Gasteiger partial charge >= 0.3 is 6.18 Å². The van der Waals surface area contributed by atoms with Crippen molar-refractivity contribution in [2.24, 2.45) is 0 Å². The number of halogens is 5. The summed E-state index contributed by atoms with van der Waals surface area (Å²) in [6.45, 7) is 1.97. The van der Waals surface area contributed by atoms with E-state index in [-0.39, 0.29) is 13.0 Å². The maximum absolute atomic E-state index is 12.6. The lowest BCUT2D eigenvalue weighted by Gasteiger charge is -2.30. The number of alkyl halides is 3. The van der Waals surface area contributed by atoms with E-state index in [1.54, 1.807) is 23.0 Å². The number of allylic oxidation sites excluding steroid dienone is 2. The number of hydrogen-bond donors (Lipinski definition) is 1. The number of nitrogens with one attached hydrogen (secondary N) is 1. The van der Waals surface area contributed by atoms with Gasteiger partial charge in [-0.2, -0.15) is 23.4 Å². The number of benzene rings is 1. The topological polar surface area (TPSA) is 60.6 Å². The van der Waals surface area contributed by atoms with E-state index in [0.717, 1.165) is 22.7 Å². The lowest BCUT2D eigenvalue weighted by atomic mass is 9.95. The molecule has 6 nitrogen and oxygen atoms in total. The molecule has 0 amide bonds. The van der Waals surface area contributed by atoms with Gasteiger partial charge in [0.15, 0.2) is 5.82 Å². The number of rotatable bonds is 5. The number of hydrogen-bond acceptors (Lipinski definition) is 4. The molecule has 4 rings (SSSR count). The Morgan fingerprint density at radius 2 is 1.93 bits per heavy atom. The van der Waals surface area contributed by atoms with E-state index in [1.165, 1.54) is 11.0 Å². The fraction of sp³-hybridized carbons (Fsp3) is 0.316. The van der Waals surface area contributed by atoms with Crippen LogP contribution in [0.1, 0.15) is 37.2 Å². The summed E-state index contributed by atoms with van der Waals surface area (Å²) < 4.78 is 41.0. The molecule has 0 spiro atoms. The number of aryl methyl sites for hydroxylation is 1. The van der Waals surface area contributed by atoms with Crippen molar-refractivity contribution >= 4 is 34.6 Å². The van der Waals surface area contributed by atoms with E-state index in [9.17, 15) is 13.2 Å². The maximum atomic E-state index is 12.6. The van der Waals surface area contributed by atoms with E-state index >= 15 is 0 Å². The Labute approximate surface area is 180 Å². The number of aromatic nitrogens is 5. The SMILES string of the molecule is CC1=C(c2ncnn2CCCC(F)(F)F)[C@@H](c2ccc(Cl)c(Cl)c2)n2nccc2N1. The van der Waals surface area contributed by atoms with Crippen LogP contribution >= 0.6 is 23.2 Å². The van der Waals surface area contributed by atoms with Gasteiger partial charge in [-0.25, -0.2) is 14.3 Å². The van der Waals surface area contributed by atoms with Crippen molar-refractivity contribution in [1.29, 1.82) is 0 Å². The van der Waals surface area contributed by atoms with Gasteiger partial charge in [0, 0.05) is 30.3 Å². The van der Waals surface area contributed by atoms with E-state index in [1.807, 2.05) is 19.1 Å². The monoisotopic (exact) mass is 456 g/mol. The summed E-state index contributed by atoms with van der Waals surface area (Å²) in [5.41, 5.74) is 2.35. The third-order valence-electron chi connectivity index (χ3n) is 4.85. The zero-order chi connectivity index (χ0) is 21.5. The van der Waals surface area contributed by atoms with Gasteiger partial charge in [0.1, 0.15) is 18.2 Å². The molecule has 1 aliphatic heterocycles. The van der Waals surface area contributed by atoms with Crippen LogP contribution < -0.4 is 5.32 Å². The van der Waals surface area contributed by atoms with Crippen LogP contribution in [0.25, 0.3) is 5.57 Å². The quantitative estimate of drug-likeness (QED) is 0.544. The van der Waals surface area contributed by atoms with E-state index < -0.39 is 18.6 Å². The predicted octanol–water partition coefficient (Wildman–Crippen LogP) is 5.57. The van der Waals surface area contributed by atoms with Gasteiger partial charge in [0.2, 0.25) is 0 Å². The molecule has 0 radical (unpaired) electrons. The molecule has 1 aromatic carbocycles. The molecule has 1 N–H and O–H groups in total. The summed E-state index contributed by atoms with van der Waals surface area (Å²) >= 11 is 12.3. The van der Waals surface area contributed by atoms with Crippen LogP contribution in [0.3, 0.4) is 0 Å². The molecular formula is C19H17Cl2F3N6. The molecule has 0 bridgehead atoms. The molecule has 0 saturated heterocycles. The maximum Gasteiger partial charge on any atom is 0.389 e. The van der Waals surface area contributed by atoms with Gasteiger partial charge in [-0.15, -0.1) is 0 Å². The third-order valence-corrected chi connectivity index (χ3v) is 5.59. The first-order chi connectivity index (χ1) is 14.2. The van der Waals surface area contributed by atoms with Crippen LogP contribution in [0.5, 0.6) is 0 Å². The average molecular weight is 457 g/mol. The Balaban J connectivity index is 1.76. The molecule has 30 heavy (non-hydrogen) atoms. The van der Waals surface area contributed by atoms with Crippen molar-refractivity contribution in [3.63, 3.8) is 0 Å². The van der Waals surface area contributed by atoms with Gasteiger partial charge in [0.05, 0.1) is 16.2 Å². The minimum atomic E-state index is -4.21. The second-order valence-electron chi connectivity index (χ2n) is 6.93. The Kier molecular flexibility index (Phi) is 5.50. The predicted molar refractivity (Wildman–Crippen MR) is 108 cm³/mol. The summed E-state index contributed by atoms with van der Waals surface area (Å²) in [6.07, 6.45) is -2.19. The fourth-order valence-electron chi connectivity index (χ4n) is 3.55. The Hall–Kier alpha value is -2.52. The first-order valence-electron chi connectivity index (χ1n) is 9.16. The normalized spacial score (nSPS) is 16.5.